The van der Waals surface area contributed by atoms with Gasteiger partial charge < -0.3 is 4.90 Å². The van der Waals surface area contributed by atoms with Crippen LogP contribution in [0, 0.1) is 5.41 Å². The summed E-state index contributed by atoms with van der Waals surface area (Å²) in [6.45, 7) is 3.19. The predicted molar refractivity (Wildman–Crippen MR) is 77.6 cm³/mol. The summed E-state index contributed by atoms with van der Waals surface area (Å²) in [5.74, 6) is 1.12. The smallest absolute Gasteiger partial charge is 0.303 e. The lowest BCUT2D eigenvalue weighted by molar-refractivity contribution is -0.137. The van der Waals surface area contributed by atoms with E-state index in [0.717, 1.165) is 44.5 Å². The molecule has 1 spiro atoms. The van der Waals surface area contributed by atoms with E-state index in [1.54, 1.807) is 12.1 Å². The van der Waals surface area contributed by atoms with Crippen LogP contribution in [0.4, 0.5) is 13.2 Å². The van der Waals surface area contributed by atoms with E-state index in [4.69, 9.17) is 11.6 Å². The first-order chi connectivity index (χ1) is 9.94. The first-order valence-electron chi connectivity index (χ1n) is 7.40. The monoisotopic (exact) mass is 317 g/mol. The molecule has 5 heteroatoms. The molecule has 1 heterocycles. The molecule has 3 rings (SSSR count). The predicted octanol–water partition coefficient (Wildman–Crippen LogP) is 4.51. The van der Waals surface area contributed by atoms with Gasteiger partial charge >= 0.3 is 6.18 Å². The van der Waals surface area contributed by atoms with E-state index in [-0.39, 0.29) is 0 Å². The zero-order valence-electron chi connectivity index (χ0n) is 11.8. The molecule has 116 valence electrons. The third-order valence-corrected chi connectivity index (χ3v) is 5.17. The van der Waals surface area contributed by atoms with Crippen LogP contribution in [-0.2, 0) is 6.18 Å². The Morgan fingerprint density at radius 3 is 2.57 bits per heavy atom. The molecule has 1 aliphatic carbocycles. The van der Waals surface area contributed by atoms with Crippen molar-refractivity contribution < 1.29 is 13.2 Å². The first kappa shape index (κ1) is 15.2. The minimum absolute atomic E-state index is 0.312. The van der Waals surface area contributed by atoms with Gasteiger partial charge in [-0.15, -0.1) is 11.6 Å². The Morgan fingerprint density at radius 1 is 1.24 bits per heavy atom. The summed E-state index contributed by atoms with van der Waals surface area (Å²) in [5.41, 5.74) is 0.810. The van der Waals surface area contributed by atoms with Crippen LogP contribution < -0.4 is 0 Å². The molecular formula is C16H19ClF3N. The highest BCUT2D eigenvalue weighted by Gasteiger charge is 2.57. The molecule has 0 N–H and O–H groups in total. The quantitative estimate of drug-likeness (QED) is 0.738. The molecule has 0 bridgehead atoms. The lowest BCUT2D eigenvalue weighted by Crippen LogP contribution is -2.22. The molecule has 2 fully saturated rings. The van der Waals surface area contributed by atoms with E-state index >= 15 is 0 Å². The molecule has 1 aromatic carbocycles. The maximum absolute atomic E-state index is 12.6. The fourth-order valence-electron chi connectivity index (χ4n) is 3.63. The zero-order valence-corrected chi connectivity index (χ0v) is 12.6. The number of benzene rings is 1. The van der Waals surface area contributed by atoms with E-state index in [0.29, 0.717) is 17.2 Å². The average molecular weight is 318 g/mol. The standard InChI is InChI=1S/C16H19ClF3N/c17-7-1-8-21-9-6-15(11-21)10-14(15)12-2-4-13(5-3-12)16(18,19)20/h2-5,14H,1,6-11H2/t14-,15-/m0/s1. The summed E-state index contributed by atoms with van der Waals surface area (Å²) in [6.07, 6.45) is -0.981. The van der Waals surface area contributed by atoms with Gasteiger partial charge in [-0.25, -0.2) is 0 Å². The molecule has 2 aliphatic rings. The van der Waals surface area contributed by atoms with Gasteiger partial charge in [-0.05, 0) is 61.4 Å². The summed E-state index contributed by atoms with van der Waals surface area (Å²) in [6, 6.07) is 5.73. The van der Waals surface area contributed by atoms with E-state index in [2.05, 4.69) is 4.90 Å². The lowest BCUT2D eigenvalue weighted by Gasteiger charge is -2.15. The van der Waals surface area contributed by atoms with Crippen LogP contribution in [0.3, 0.4) is 0 Å². The largest absolute Gasteiger partial charge is 0.416 e. The minimum atomic E-state index is -4.24. The van der Waals surface area contributed by atoms with Crippen molar-refractivity contribution in [2.24, 2.45) is 5.41 Å². The van der Waals surface area contributed by atoms with Gasteiger partial charge in [0.05, 0.1) is 5.56 Å². The van der Waals surface area contributed by atoms with E-state index in [1.165, 1.54) is 12.1 Å². The zero-order chi connectivity index (χ0) is 15.1. The van der Waals surface area contributed by atoms with Crippen LogP contribution >= 0.6 is 11.6 Å². The molecule has 1 aliphatic heterocycles. The number of likely N-dealkylation sites (tertiary alicyclic amines) is 1. The van der Waals surface area contributed by atoms with Gasteiger partial charge in [0, 0.05) is 12.4 Å². The van der Waals surface area contributed by atoms with Crippen molar-refractivity contribution in [3.63, 3.8) is 0 Å². The maximum Gasteiger partial charge on any atom is 0.416 e. The molecular weight excluding hydrogens is 299 g/mol. The number of halogens is 4. The Hall–Kier alpha value is -0.740. The molecule has 1 nitrogen and oxygen atoms in total. The second-order valence-electron chi connectivity index (χ2n) is 6.31. The molecule has 0 aromatic heterocycles. The second-order valence-corrected chi connectivity index (χ2v) is 6.69. The highest BCUT2D eigenvalue weighted by molar-refractivity contribution is 6.17. The van der Waals surface area contributed by atoms with Gasteiger partial charge in [0.15, 0.2) is 0 Å². The highest BCUT2D eigenvalue weighted by atomic mass is 35.5. The summed E-state index contributed by atoms with van der Waals surface area (Å²) >= 11 is 5.72. The Kier molecular flexibility index (Phi) is 3.95. The van der Waals surface area contributed by atoms with Gasteiger partial charge in [-0.1, -0.05) is 12.1 Å². The summed E-state index contributed by atoms with van der Waals surface area (Å²) in [7, 11) is 0. The van der Waals surface area contributed by atoms with E-state index in [1.807, 2.05) is 0 Å². The van der Waals surface area contributed by atoms with Crippen LogP contribution in [0.15, 0.2) is 24.3 Å². The molecule has 2 atom stereocenters. The molecule has 1 saturated heterocycles. The van der Waals surface area contributed by atoms with Gasteiger partial charge in [0.1, 0.15) is 0 Å². The number of hydrogen-bond donors (Lipinski definition) is 0. The van der Waals surface area contributed by atoms with Gasteiger partial charge in [-0.3, -0.25) is 0 Å². The third-order valence-electron chi connectivity index (χ3n) is 4.90. The van der Waals surface area contributed by atoms with E-state index < -0.39 is 11.7 Å². The SMILES string of the molecule is FC(F)(F)c1ccc([C@@H]2C[C@]23CCN(CCCCl)C3)cc1. The molecule has 21 heavy (non-hydrogen) atoms. The van der Waals surface area contributed by atoms with Crippen LogP contribution in [0.2, 0.25) is 0 Å². The van der Waals surface area contributed by atoms with Crippen molar-refractivity contribution in [2.75, 3.05) is 25.5 Å². The minimum Gasteiger partial charge on any atom is -0.303 e. The first-order valence-corrected chi connectivity index (χ1v) is 7.94. The number of rotatable bonds is 4. The second kappa shape index (κ2) is 5.47. The van der Waals surface area contributed by atoms with Crippen LogP contribution in [-0.4, -0.2) is 30.4 Å². The molecule has 1 saturated carbocycles. The number of alkyl halides is 4. The third kappa shape index (κ3) is 3.07. The normalized spacial score (nSPS) is 29.2. The van der Waals surface area contributed by atoms with Crippen molar-refractivity contribution in [3.8, 4) is 0 Å². The average Bonchev–Trinajstić information content (AvgIpc) is 2.99. The lowest BCUT2D eigenvalue weighted by atomic mass is 9.97. The van der Waals surface area contributed by atoms with Crippen molar-refractivity contribution in [3.05, 3.63) is 35.4 Å². The van der Waals surface area contributed by atoms with Crippen molar-refractivity contribution in [1.29, 1.82) is 0 Å². The topological polar surface area (TPSA) is 3.24 Å². The maximum atomic E-state index is 12.6. The van der Waals surface area contributed by atoms with Crippen LogP contribution in [0.25, 0.3) is 0 Å². The van der Waals surface area contributed by atoms with E-state index in [9.17, 15) is 13.2 Å². The summed E-state index contributed by atoms with van der Waals surface area (Å²) in [4.78, 5) is 2.44. The molecule has 1 aromatic rings. The molecule has 0 amide bonds. The summed E-state index contributed by atoms with van der Waals surface area (Å²) < 4.78 is 37.7. The molecule has 0 radical (unpaired) electrons. The van der Waals surface area contributed by atoms with Gasteiger partial charge in [0.2, 0.25) is 0 Å². The Morgan fingerprint density at radius 2 is 1.95 bits per heavy atom. The van der Waals surface area contributed by atoms with Crippen molar-refractivity contribution in [2.45, 2.75) is 31.4 Å². The summed E-state index contributed by atoms with van der Waals surface area (Å²) in [5, 5.41) is 0. The van der Waals surface area contributed by atoms with Crippen molar-refractivity contribution >= 4 is 11.6 Å². The fourth-order valence-corrected chi connectivity index (χ4v) is 3.75. The van der Waals surface area contributed by atoms with Gasteiger partial charge in [-0.2, -0.15) is 13.2 Å². The number of hydrogen-bond acceptors (Lipinski definition) is 1. The van der Waals surface area contributed by atoms with Crippen molar-refractivity contribution in [1.82, 2.24) is 4.90 Å². The fraction of sp³-hybridized carbons (Fsp3) is 0.625. The van der Waals surface area contributed by atoms with Crippen LogP contribution in [0.5, 0.6) is 0 Å². The Balaban J connectivity index is 1.63. The Bertz CT molecular complexity index is 499. The molecule has 0 unspecified atom stereocenters. The number of nitrogens with zero attached hydrogens (tertiary/aromatic N) is 1. The van der Waals surface area contributed by atoms with Crippen LogP contribution in [0.1, 0.15) is 36.3 Å². The highest BCUT2D eigenvalue weighted by Crippen LogP contribution is 2.64. The van der Waals surface area contributed by atoms with Gasteiger partial charge in [0.25, 0.3) is 0 Å². The Labute approximate surface area is 128 Å².